The number of halogens is 2. The number of hydrogen-bond donors (Lipinski definition) is 2. The fourth-order valence-corrected chi connectivity index (χ4v) is 4.79. The lowest BCUT2D eigenvalue weighted by molar-refractivity contribution is -0.134. The zero-order valence-electron chi connectivity index (χ0n) is 19.6. The summed E-state index contributed by atoms with van der Waals surface area (Å²) in [7, 11) is -4.02. The Kier molecular flexibility index (Phi) is 8.43. The third-order valence-electron chi connectivity index (χ3n) is 6.34. The highest BCUT2D eigenvalue weighted by Gasteiger charge is 2.49. The van der Waals surface area contributed by atoms with E-state index in [0.29, 0.717) is 24.2 Å². The van der Waals surface area contributed by atoms with Gasteiger partial charge < -0.3 is 5.32 Å². The van der Waals surface area contributed by atoms with Gasteiger partial charge in [-0.1, -0.05) is 29.8 Å². The van der Waals surface area contributed by atoms with Gasteiger partial charge in [0.25, 0.3) is 10.1 Å². The third kappa shape index (κ3) is 6.61. The van der Waals surface area contributed by atoms with E-state index in [9.17, 15) is 22.0 Å². The van der Waals surface area contributed by atoms with Crippen LogP contribution in [0.1, 0.15) is 49.3 Å². The van der Waals surface area contributed by atoms with Crippen molar-refractivity contribution in [2.75, 3.05) is 19.6 Å². The molecule has 0 atom stereocenters. The Morgan fingerprint density at radius 2 is 1.76 bits per heavy atom. The maximum absolute atomic E-state index is 14.8. The van der Waals surface area contributed by atoms with E-state index in [1.165, 1.54) is 18.2 Å². The summed E-state index contributed by atoms with van der Waals surface area (Å²) in [4.78, 5) is 13.9. The molecule has 2 aliphatic rings. The zero-order chi connectivity index (χ0) is 24.9. The van der Waals surface area contributed by atoms with Crippen LogP contribution in [0, 0.1) is 18.7 Å². The lowest BCUT2D eigenvalue weighted by Crippen LogP contribution is -2.45. The molecular formula is C25H32F2N2O4S. The van der Waals surface area contributed by atoms with Gasteiger partial charge in [-0.05, 0) is 76.4 Å². The summed E-state index contributed by atoms with van der Waals surface area (Å²) in [6, 6.07) is 10.7. The van der Waals surface area contributed by atoms with Gasteiger partial charge >= 0.3 is 0 Å². The van der Waals surface area contributed by atoms with Gasteiger partial charge in [0.05, 0.1) is 4.90 Å². The molecule has 0 spiro atoms. The number of carbonyl (C=O) groups excluding carboxylic acids is 1. The summed E-state index contributed by atoms with van der Waals surface area (Å²) < 4.78 is 58.7. The number of benzene rings is 2. The van der Waals surface area contributed by atoms with E-state index < -0.39 is 15.8 Å². The molecule has 0 radical (unpaired) electrons. The quantitative estimate of drug-likeness (QED) is 0.583. The Bertz CT molecular complexity index is 1090. The van der Waals surface area contributed by atoms with Crippen LogP contribution in [0.2, 0.25) is 0 Å². The van der Waals surface area contributed by atoms with Crippen LogP contribution in [0.25, 0.3) is 0 Å². The SMILES string of the molecule is CCNC(=O)C1CC(F)(c2ccc(CN3CCCC3)c(F)c2)C1.Cc1ccc(S(=O)(=O)O)cc1. The molecule has 1 heterocycles. The summed E-state index contributed by atoms with van der Waals surface area (Å²) in [6.07, 6.45) is 2.61. The molecule has 2 fully saturated rings. The summed E-state index contributed by atoms with van der Waals surface area (Å²) in [5.41, 5.74) is 0.375. The first-order valence-corrected chi connectivity index (χ1v) is 13.0. The summed E-state index contributed by atoms with van der Waals surface area (Å²) in [5.74, 6) is -0.743. The van der Waals surface area contributed by atoms with Gasteiger partial charge in [0.2, 0.25) is 5.91 Å². The van der Waals surface area contributed by atoms with Crippen molar-refractivity contribution in [3.05, 3.63) is 65.0 Å². The van der Waals surface area contributed by atoms with Crippen LogP contribution >= 0.6 is 0 Å². The van der Waals surface area contributed by atoms with Crippen LogP contribution in [-0.2, 0) is 27.1 Å². The minimum absolute atomic E-state index is 0.0666. The van der Waals surface area contributed by atoms with Crippen molar-refractivity contribution in [3.8, 4) is 0 Å². The number of aryl methyl sites for hydroxylation is 1. The smallest absolute Gasteiger partial charge is 0.294 e. The van der Waals surface area contributed by atoms with Gasteiger partial charge in [0, 0.05) is 24.6 Å². The fourth-order valence-electron chi connectivity index (χ4n) is 4.31. The van der Waals surface area contributed by atoms with Crippen molar-refractivity contribution in [1.29, 1.82) is 0 Å². The number of likely N-dealkylation sites (tertiary alicyclic amines) is 1. The van der Waals surface area contributed by atoms with Crippen LogP contribution in [-0.4, -0.2) is 43.4 Å². The predicted octanol–water partition coefficient (Wildman–Crippen LogP) is 4.37. The van der Waals surface area contributed by atoms with Gasteiger partial charge in [0.15, 0.2) is 0 Å². The molecule has 2 N–H and O–H groups in total. The number of alkyl halides is 1. The van der Waals surface area contributed by atoms with Crippen LogP contribution in [0.15, 0.2) is 47.4 Å². The predicted molar refractivity (Wildman–Crippen MR) is 126 cm³/mol. The number of hydrogen-bond acceptors (Lipinski definition) is 4. The zero-order valence-corrected chi connectivity index (χ0v) is 20.4. The van der Waals surface area contributed by atoms with Crippen LogP contribution in [0.5, 0.6) is 0 Å². The Labute approximate surface area is 200 Å². The normalized spacial score (nSPS) is 22.4. The first-order valence-electron chi connectivity index (χ1n) is 11.5. The molecule has 1 aliphatic heterocycles. The van der Waals surface area contributed by atoms with Crippen molar-refractivity contribution < 1.29 is 26.5 Å². The molecule has 9 heteroatoms. The molecule has 1 saturated heterocycles. The molecular weight excluding hydrogens is 462 g/mol. The van der Waals surface area contributed by atoms with Crippen molar-refractivity contribution in [2.45, 2.75) is 56.6 Å². The maximum Gasteiger partial charge on any atom is 0.294 e. The van der Waals surface area contributed by atoms with E-state index in [2.05, 4.69) is 10.2 Å². The van der Waals surface area contributed by atoms with E-state index in [4.69, 9.17) is 4.55 Å². The van der Waals surface area contributed by atoms with E-state index in [1.807, 2.05) is 13.8 Å². The van der Waals surface area contributed by atoms with Crippen molar-refractivity contribution in [2.24, 2.45) is 5.92 Å². The number of rotatable bonds is 6. The van der Waals surface area contributed by atoms with E-state index in [1.54, 1.807) is 24.3 Å². The molecule has 34 heavy (non-hydrogen) atoms. The lowest BCUT2D eigenvalue weighted by Gasteiger charge is -2.40. The topological polar surface area (TPSA) is 86.7 Å². The lowest BCUT2D eigenvalue weighted by atomic mass is 9.68. The van der Waals surface area contributed by atoms with Gasteiger partial charge in [-0.15, -0.1) is 0 Å². The highest BCUT2D eigenvalue weighted by molar-refractivity contribution is 7.85. The van der Waals surface area contributed by atoms with Crippen LogP contribution < -0.4 is 5.32 Å². The largest absolute Gasteiger partial charge is 0.356 e. The van der Waals surface area contributed by atoms with Gasteiger partial charge in [0.1, 0.15) is 11.5 Å². The Morgan fingerprint density at radius 1 is 1.15 bits per heavy atom. The molecule has 6 nitrogen and oxygen atoms in total. The van der Waals surface area contributed by atoms with Gasteiger partial charge in [-0.25, -0.2) is 8.78 Å². The van der Waals surface area contributed by atoms with Crippen LogP contribution in [0.3, 0.4) is 0 Å². The number of carbonyl (C=O) groups is 1. The van der Waals surface area contributed by atoms with Gasteiger partial charge in [-0.2, -0.15) is 8.42 Å². The molecule has 0 bridgehead atoms. The summed E-state index contributed by atoms with van der Waals surface area (Å²) in [6.45, 7) is 6.83. The van der Waals surface area contributed by atoms with E-state index in [0.717, 1.165) is 31.5 Å². The van der Waals surface area contributed by atoms with Crippen molar-refractivity contribution in [3.63, 3.8) is 0 Å². The Balaban J connectivity index is 0.000000248. The molecule has 2 aromatic rings. The first-order chi connectivity index (χ1) is 16.0. The van der Waals surface area contributed by atoms with Crippen LogP contribution in [0.4, 0.5) is 8.78 Å². The average Bonchev–Trinajstić information content (AvgIpc) is 3.26. The Hall–Kier alpha value is -2.36. The summed E-state index contributed by atoms with van der Waals surface area (Å²) >= 11 is 0. The second-order valence-corrected chi connectivity index (χ2v) is 10.5. The first kappa shape index (κ1) is 26.2. The molecule has 186 valence electrons. The van der Waals surface area contributed by atoms with E-state index >= 15 is 0 Å². The fraction of sp³-hybridized carbons (Fsp3) is 0.480. The molecule has 0 aromatic heterocycles. The van der Waals surface area contributed by atoms with Crippen molar-refractivity contribution >= 4 is 16.0 Å². The number of nitrogens with one attached hydrogen (secondary N) is 1. The van der Waals surface area contributed by atoms with E-state index in [-0.39, 0.29) is 35.4 Å². The van der Waals surface area contributed by atoms with Crippen molar-refractivity contribution in [1.82, 2.24) is 10.2 Å². The standard InChI is InChI=1S/C18H24F2N2O.C7H8O3S/c1-2-21-17(23)14-10-18(20,11-14)15-6-5-13(16(19)9-15)12-22-7-3-4-8-22;1-6-2-4-7(5-3-6)11(8,9)10/h5-6,9,14H,2-4,7-8,10-12H2,1H3,(H,21,23);2-5H,1H3,(H,8,9,10). The molecule has 2 aromatic carbocycles. The number of amides is 1. The average molecular weight is 495 g/mol. The monoisotopic (exact) mass is 494 g/mol. The molecule has 1 amide bonds. The minimum Gasteiger partial charge on any atom is -0.356 e. The second kappa shape index (κ2) is 10.9. The molecule has 1 saturated carbocycles. The second-order valence-electron chi connectivity index (χ2n) is 9.04. The summed E-state index contributed by atoms with van der Waals surface area (Å²) in [5, 5.41) is 2.71. The van der Waals surface area contributed by atoms with Gasteiger partial charge in [-0.3, -0.25) is 14.2 Å². The third-order valence-corrected chi connectivity index (χ3v) is 7.21. The highest BCUT2D eigenvalue weighted by atomic mass is 32.2. The number of nitrogens with zero attached hydrogens (tertiary/aromatic N) is 1. The minimum atomic E-state index is -4.02. The Morgan fingerprint density at radius 3 is 2.29 bits per heavy atom. The molecule has 0 unspecified atom stereocenters. The molecule has 4 rings (SSSR count). The highest BCUT2D eigenvalue weighted by Crippen LogP contribution is 2.49. The molecule has 1 aliphatic carbocycles. The maximum atomic E-state index is 14.8.